The Morgan fingerprint density at radius 1 is 1.29 bits per heavy atom. The van der Waals surface area contributed by atoms with Gasteiger partial charge in [-0.05, 0) is 61.8 Å². The quantitative estimate of drug-likeness (QED) is 0.892. The van der Waals surface area contributed by atoms with Crippen molar-refractivity contribution in [2.45, 2.75) is 51.5 Å². The maximum atomic E-state index is 12.3. The van der Waals surface area contributed by atoms with Gasteiger partial charge in [0.15, 0.2) is 0 Å². The first kappa shape index (κ1) is 16.2. The Balaban J connectivity index is 0.00000161. The largest absolute Gasteiger partial charge is 0.384 e. The van der Waals surface area contributed by atoms with Crippen LogP contribution >= 0.6 is 12.4 Å². The normalized spacial score (nSPS) is 23.7. The lowest BCUT2D eigenvalue weighted by atomic mass is 9.84. The van der Waals surface area contributed by atoms with Crippen LogP contribution in [0, 0.1) is 5.92 Å². The molecule has 1 saturated carbocycles. The van der Waals surface area contributed by atoms with Gasteiger partial charge in [0.25, 0.3) is 5.91 Å². The first-order chi connectivity index (χ1) is 9.76. The first-order valence-corrected chi connectivity index (χ1v) is 7.94. The van der Waals surface area contributed by atoms with Gasteiger partial charge in [-0.3, -0.25) is 4.79 Å². The van der Waals surface area contributed by atoms with Gasteiger partial charge in [-0.15, -0.1) is 12.4 Å². The molecule has 1 aromatic rings. The third kappa shape index (κ3) is 3.70. The van der Waals surface area contributed by atoms with Crippen molar-refractivity contribution < 1.29 is 4.79 Å². The van der Waals surface area contributed by atoms with E-state index < -0.39 is 0 Å². The monoisotopic (exact) mass is 308 g/mol. The summed E-state index contributed by atoms with van der Waals surface area (Å²) < 4.78 is 0. The molecule has 1 amide bonds. The number of hydrogen-bond acceptors (Lipinski definition) is 2. The van der Waals surface area contributed by atoms with Gasteiger partial charge in [-0.2, -0.15) is 0 Å². The molecule has 3 rings (SSSR count). The van der Waals surface area contributed by atoms with Crippen LogP contribution in [0.3, 0.4) is 0 Å². The zero-order valence-electron chi connectivity index (χ0n) is 12.7. The van der Waals surface area contributed by atoms with Gasteiger partial charge in [0.2, 0.25) is 0 Å². The summed E-state index contributed by atoms with van der Waals surface area (Å²) in [6.07, 6.45) is 7.09. The van der Waals surface area contributed by atoms with Crippen LogP contribution in [0.5, 0.6) is 0 Å². The van der Waals surface area contributed by atoms with Crippen molar-refractivity contribution in [1.29, 1.82) is 0 Å². The summed E-state index contributed by atoms with van der Waals surface area (Å²) in [6.45, 7) is 3.25. The van der Waals surface area contributed by atoms with Crippen LogP contribution in [0.1, 0.15) is 54.9 Å². The molecular weight excluding hydrogens is 284 g/mol. The second kappa shape index (κ2) is 7.17. The number of benzene rings is 1. The second-order valence-electron chi connectivity index (χ2n) is 6.15. The molecule has 0 bridgehead atoms. The van der Waals surface area contributed by atoms with Crippen molar-refractivity contribution in [3.8, 4) is 0 Å². The Labute approximate surface area is 133 Å². The molecule has 3 nitrogen and oxygen atoms in total. The van der Waals surface area contributed by atoms with Crippen molar-refractivity contribution in [3.63, 3.8) is 0 Å². The molecule has 0 saturated heterocycles. The summed E-state index contributed by atoms with van der Waals surface area (Å²) in [5, 5.41) is 6.54. The zero-order valence-corrected chi connectivity index (χ0v) is 13.5. The van der Waals surface area contributed by atoms with Gasteiger partial charge < -0.3 is 10.6 Å². The standard InChI is InChI=1S/C17H24N2O.ClH/c1-2-12-3-6-15(7-4-12)19-17(20)14-5-8-16-13(11-14)9-10-18-16;/h5,8,11-12,15,18H,2-4,6-7,9-10H2,1H3,(H,19,20);1H. The number of hydrogen-bond donors (Lipinski definition) is 2. The Morgan fingerprint density at radius 2 is 2.05 bits per heavy atom. The van der Waals surface area contributed by atoms with Crippen molar-refractivity contribution in [1.82, 2.24) is 5.32 Å². The molecule has 2 aliphatic rings. The van der Waals surface area contributed by atoms with Gasteiger partial charge in [-0.1, -0.05) is 13.3 Å². The number of carbonyl (C=O) groups excluding carboxylic acids is 1. The first-order valence-electron chi connectivity index (χ1n) is 7.94. The Kier molecular flexibility index (Phi) is 5.51. The number of rotatable bonds is 3. The van der Waals surface area contributed by atoms with E-state index in [1.807, 2.05) is 18.2 Å². The van der Waals surface area contributed by atoms with Crippen molar-refractivity contribution >= 4 is 24.0 Å². The third-order valence-electron chi connectivity index (χ3n) is 4.84. The molecule has 0 spiro atoms. The predicted octanol–water partition coefficient (Wildman–Crippen LogP) is 3.78. The van der Waals surface area contributed by atoms with E-state index in [-0.39, 0.29) is 18.3 Å². The van der Waals surface area contributed by atoms with Crippen molar-refractivity contribution in [2.24, 2.45) is 5.92 Å². The fourth-order valence-corrected chi connectivity index (χ4v) is 3.43. The lowest BCUT2D eigenvalue weighted by Gasteiger charge is -2.28. The minimum absolute atomic E-state index is 0. The smallest absolute Gasteiger partial charge is 0.251 e. The average Bonchev–Trinajstić information content (AvgIpc) is 2.95. The summed E-state index contributed by atoms with van der Waals surface area (Å²) in [4.78, 5) is 12.3. The van der Waals surface area contributed by atoms with E-state index in [1.54, 1.807) is 0 Å². The number of carbonyl (C=O) groups is 1. The summed E-state index contributed by atoms with van der Waals surface area (Å²) >= 11 is 0. The molecule has 1 heterocycles. The second-order valence-corrected chi connectivity index (χ2v) is 6.15. The summed E-state index contributed by atoms with van der Waals surface area (Å²) in [6, 6.07) is 6.38. The minimum atomic E-state index is 0. The molecule has 116 valence electrons. The van der Waals surface area contributed by atoms with Gasteiger partial charge in [0.1, 0.15) is 0 Å². The Morgan fingerprint density at radius 3 is 2.76 bits per heavy atom. The molecule has 0 aromatic heterocycles. The van der Waals surface area contributed by atoms with Gasteiger partial charge >= 0.3 is 0 Å². The van der Waals surface area contributed by atoms with Crippen molar-refractivity contribution in [2.75, 3.05) is 11.9 Å². The third-order valence-corrected chi connectivity index (χ3v) is 4.84. The van der Waals surface area contributed by atoms with Crippen LogP contribution in [0.2, 0.25) is 0 Å². The van der Waals surface area contributed by atoms with E-state index in [1.165, 1.54) is 30.5 Å². The number of fused-ring (bicyclic) bond motifs is 1. The van der Waals surface area contributed by atoms with Crippen LogP contribution in [0.25, 0.3) is 0 Å². The molecule has 4 heteroatoms. The maximum Gasteiger partial charge on any atom is 0.251 e. The zero-order chi connectivity index (χ0) is 13.9. The van der Waals surface area contributed by atoms with Crippen molar-refractivity contribution in [3.05, 3.63) is 29.3 Å². The molecule has 1 aliphatic carbocycles. The highest BCUT2D eigenvalue weighted by Crippen LogP contribution is 2.27. The fourth-order valence-electron chi connectivity index (χ4n) is 3.43. The predicted molar refractivity (Wildman–Crippen MR) is 89.4 cm³/mol. The number of anilines is 1. The van der Waals surface area contributed by atoms with Gasteiger partial charge in [0, 0.05) is 23.8 Å². The van der Waals surface area contributed by atoms with Gasteiger partial charge in [0.05, 0.1) is 0 Å². The highest BCUT2D eigenvalue weighted by atomic mass is 35.5. The van der Waals surface area contributed by atoms with E-state index in [2.05, 4.69) is 17.6 Å². The van der Waals surface area contributed by atoms with E-state index >= 15 is 0 Å². The number of halogens is 1. The average molecular weight is 309 g/mol. The molecule has 1 aliphatic heterocycles. The molecule has 21 heavy (non-hydrogen) atoms. The summed E-state index contributed by atoms with van der Waals surface area (Å²) in [7, 11) is 0. The highest BCUT2D eigenvalue weighted by Gasteiger charge is 2.22. The maximum absolute atomic E-state index is 12.3. The van der Waals surface area contributed by atoms with Crippen LogP contribution in [-0.4, -0.2) is 18.5 Å². The van der Waals surface area contributed by atoms with E-state index in [4.69, 9.17) is 0 Å². The van der Waals surface area contributed by atoms with Crippen LogP contribution in [0.15, 0.2) is 18.2 Å². The minimum Gasteiger partial charge on any atom is -0.384 e. The molecule has 1 fully saturated rings. The molecule has 0 atom stereocenters. The number of nitrogens with one attached hydrogen (secondary N) is 2. The molecule has 0 unspecified atom stereocenters. The van der Waals surface area contributed by atoms with E-state index in [0.29, 0.717) is 6.04 Å². The molecule has 0 radical (unpaired) electrons. The molecule has 1 aromatic carbocycles. The van der Waals surface area contributed by atoms with Gasteiger partial charge in [-0.25, -0.2) is 0 Å². The van der Waals surface area contributed by atoms with E-state index in [9.17, 15) is 4.79 Å². The molecular formula is C17H25ClN2O. The van der Waals surface area contributed by atoms with E-state index in [0.717, 1.165) is 37.3 Å². The SMILES string of the molecule is CCC1CCC(NC(=O)c2ccc3c(c2)CCN3)CC1.Cl. The lowest BCUT2D eigenvalue weighted by molar-refractivity contribution is 0.0921. The number of amides is 1. The summed E-state index contributed by atoms with van der Waals surface area (Å²) in [5.41, 5.74) is 3.27. The highest BCUT2D eigenvalue weighted by molar-refractivity contribution is 5.95. The Hall–Kier alpha value is -1.22. The van der Waals surface area contributed by atoms with Crippen LogP contribution in [0.4, 0.5) is 5.69 Å². The summed E-state index contributed by atoms with van der Waals surface area (Å²) in [5.74, 6) is 0.967. The topological polar surface area (TPSA) is 41.1 Å². The van der Waals surface area contributed by atoms with Crippen LogP contribution in [-0.2, 0) is 6.42 Å². The Bertz CT molecular complexity index is 496. The molecule has 2 N–H and O–H groups in total. The van der Waals surface area contributed by atoms with Crippen LogP contribution < -0.4 is 10.6 Å². The lowest BCUT2D eigenvalue weighted by Crippen LogP contribution is -2.37. The fraction of sp³-hybridized carbons (Fsp3) is 0.588.